The van der Waals surface area contributed by atoms with Gasteiger partial charge in [0.05, 0.1) is 0 Å². The number of fused-ring (bicyclic) bond motifs is 1. The molecule has 0 N–H and O–H groups in total. The van der Waals surface area contributed by atoms with E-state index in [0.717, 1.165) is 31.3 Å². The van der Waals surface area contributed by atoms with E-state index in [0.29, 0.717) is 5.78 Å². The Morgan fingerprint density at radius 1 is 1.16 bits per heavy atom. The number of nitrogens with zero attached hydrogens (tertiary/aromatic N) is 1. The number of carbonyl (C=O) groups excluding carboxylic acids is 1. The third-order valence-corrected chi connectivity index (χ3v) is 4.23. The van der Waals surface area contributed by atoms with Crippen molar-refractivity contribution in [1.29, 1.82) is 0 Å². The fourth-order valence-electron chi connectivity index (χ4n) is 2.96. The van der Waals surface area contributed by atoms with Gasteiger partial charge in [0, 0.05) is 35.6 Å². The Morgan fingerprint density at radius 3 is 2.68 bits per heavy atom. The molecule has 0 unspecified atom stereocenters. The molecule has 1 aromatic heterocycles. The van der Waals surface area contributed by atoms with Crippen molar-refractivity contribution in [1.82, 2.24) is 4.57 Å². The van der Waals surface area contributed by atoms with Crippen LogP contribution in [-0.2, 0) is 11.8 Å². The van der Waals surface area contributed by atoms with Gasteiger partial charge in [0.1, 0.15) is 0 Å². The number of hydrogen-bond acceptors (Lipinski definition) is 1. The number of allylic oxidation sites excluding steroid dienone is 1. The third kappa shape index (κ3) is 2.01. The van der Waals surface area contributed by atoms with E-state index < -0.39 is 0 Å². The fraction of sp³-hybridized carbons (Fsp3) is 0.353. The number of benzene rings is 1. The maximum atomic E-state index is 12.0. The number of rotatable bonds is 1. The molecule has 1 aliphatic carbocycles. The molecule has 0 spiro atoms. The summed E-state index contributed by atoms with van der Waals surface area (Å²) in [7, 11) is 2.09. The molecule has 2 aromatic rings. The summed E-state index contributed by atoms with van der Waals surface area (Å²) in [5, 5.41) is 1.24. The third-order valence-electron chi connectivity index (χ3n) is 4.23. The molecule has 1 aliphatic rings. The van der Waals surface area contributed by atoms with Gasteiger partial charge < -0.3 is 4.57 Å². The normalized spacial score (nSPS) is 18.4. The zero-order chi connectivity index (χ0) is 13.4. The summed E-state index contributed by atoms with van der Waals surface area (Å²) < 4.78 is 2.20. The van der Waals surface area contributed by atoms with E-state index >= 15 is 0 Å². The number of aromatic nitrogens is 1. The van der Waals surface area contributed by atoms with Crippen LogP contribution in [0.2, 0.25) is 0 Å². The van der Waals surface area contributed by atoms with Crippen molar-refractivity contribution in [3.05, 3.63) is 41.1 Å². The minimum Gasteiger partial charge on any atom is -0.347 e. The van der Waals surface area contributed by atoms with E-state index in [4.69, 9.17) is 0 Å². The first kappa shape index (κ1) is 12.2. The highest BCUT2D eigenvalue weighted by Gasteiger charge is 2.17. The molecular weight excluding hydrogens is 234 g/mol. The number of hydrogen-bond donors (Lipinski definition) is 0. The van der Waals surface area contributed by atoms with E-state index in [1.54, 1.807) is 0 Å². The first-order chi connectivity index (χ1) is 9.18. The smallest absolute Gasteiger partial charge is 0.158 e. The Bertz CT molecular complexity index is 676. The highest BCUT2D eigenvalue weighted by atomic mass is 16.1. The van der Waals surface area contributed by atoms with Crippen LogP contribution >= 0.6 is 0 Å². The van der Waals surface area contributed by atoms with E-state index in [1.807, 2.05) is 0 Å². The Balaban J connectivity index is 2.17. The van der Waals surface area contributed by atoms with Crippen LogP contribution in [0, 0.1) is 6.92 Å². The minimum absolute atomic E-state index is 0.332. The van der Waals surface area contributed by atoms with Crippen LogP contribution in [0.1, 0.15) is 36.9 Å². The van der Waals surface area contributed by atoms with Crippen LogP contribution in [0.3, 0.4) is 0 Å². The van der Waals surface area contributed by atoms with Gasteiger partial charge in [0.25, 0.3) is 0 Å². The average molecular weight is 253 g/mol. The highest BCUT2D eigenvalue weighted by Crippen LogP contribution is 2.29. The lowest BCUT2D eigenvalue weighted by atomic mass is 9.91. The summed E-state index contributed by atoms with van der Waals surface area (Å²) in [6.45, 7) is 2.12. The van der Waals surface area contributed by atoms with E-state index in [1.165, 1.54) is 22.2 Å². The van der Waals surface area contributed by atoms with Crippen molar-refractivity contribution in [3.63, 3.8) is 0 Å². The van der Waals surface area contributed by atoms with Crippen molar-refractivity contribution in [2.45, 2.75) is 32.6 Å². The maximum Gasteiger partial charge on any atom is 0.158 e. The number of carbonyl (C=O) groups is 1. The molecule has 19 heavy (non-hydrogen) atoms. The molecule has 0 atom stereocenters. The first-order valence-corrected chi connectivity index (χ1v) is 6.96. The van der Waals surface area contributed by atoms with E-state index in [9.17, 15) is 4.79 Å². The first-order valence-electron chi connectivity index (χ1n) is 6.96. The van der Waals surface area contributed by atoms with Gasteiger partial charge in [-0.25, -0.2) is 0 Å². The Hall–Kier alpha value is -1.83. The van der Waals surface area contributed by atoms with E-state index in [2.05, 4.69) is 48.9 Å². The standard InChI is InChI=1S/C17H19NO/c1-12-15(11-13-7-3-6-10-17(13)19)14-8-4-5-9-16(14)18(12)2/h4-5,8-9,11H,3,6-7,10H2,1-2H3/b13-11-. The molecule has 3 rings (SSSR count). The molecule has 0 radical (unpaired) electrons. The van der Waals surface area contributed by atoms with Gasteiger partial charge in [-0.2, -0.15) is 0 Å². The number of aryl methyl sites for hydroxylation is 1. The van der Waals surface area contributed by atoms with Crippen molar-refractivity contribution in [2.75, 3.05) is 0 Å². The molecule has 0 aliphatic heterocycles. The van der Waals surface area contributed by atoms with Crippen LogP contribution < -0.4 is 0 Å². The average Bonchev–Trinajstić information content (AvgIpc) is 2.67. The summed E-state index contributed by atoms with van der Waals surface area (Å²) in [6, 6.07) is 8.39. The van der Waals surface area contributed by atoms with Gasteiger partial charge in [-0.1, -0.05) is 18.2 Å². The second kappa shape index (κ2) is 4.69. The van der Waals surface area contributed by atoms with Crippen LogP contribution in [0.15, 0.2) is 29.8 Å². The molecule has 2 heteroatoms. The van der Waals surface area contributed by atoms with Crippen molar-refractivity contribution in [2.24, 2.45) is 7.05 Å². The van der Waals surface area contributed by atoms with Crippen molar-refractivity contribution < 1.29 is 4.79 Å². The number of para-hydroxylation sites is 1. The predicted molar refractivity (Wildman–Crippen MR) is 79.1 cm³/mol. The Morgan fingerprint density at radius 2 is 1.89 bits per heavy atom. The predicted octanol–water partition coefficient (Wildman–Crippen LogP) is 4.01. The van der Waals surface area contributed by atoms with Crippen molar-refractivity contribution in [3.8, 4) is 0 Å². The molecule has 0 bridgehead atoms. The Labute approximate surface area is 113 Å². The quantitative estimate of drug-likeness (QED) is 0.704. The summed E-state index contributed by atoms with van der Waals surface area (Å²) in [6.07, 6.45) is 5.96. The van der Waals surface area contributed by atoms with Crippen molar-refractivity contribution >= 4 is 22.8 Å². The lowest BCUT2D eigenvalue weighted by molar-refractivity contribution is -0.116. The van der Waals surface area contributed by atoms with Gasteiger partial charge in [-0.15, -0.1) is 0 Å². The molecule has 0 saturated heterocycles. The zero-order valence-electron chi connectivity index (χ0n) is 11.6. The molecule has 2 nitrogen and oxygen atoms in total. The second-order valence-corrected chi connectivity index (χ2v) is 5.38. The van der Waals surface area contributed by atoms with Gasteiger partial charge in [0.15, 0.2) is 5.78 Å². The highest BCUT2D eigenvalue weighted by molar-refractivity contribution is 6.03. The molecule has 1 heterocycles. The van der Waals surface area contributed by atoms with Crippen LogP contribution in [0.4, 0.5) is 0 Å². The van der Waals surface area contributed by atoms with E-state index in [-0.39, 0.29) is 0 Å². The van der Waals surface area contributed by atoms with Gasteiger partial charge in [-0.05, 0) is 43.9 Å². The largest absolute Gasteiger partial charge is 0.347 e. The Kier molecular flexibility index (Phi) is 3.02. The summed E-state index contributed by atoms with van der Waals surface area (Å²) in [5.41, 5.74) is 4.68. The van der Waals surface area contributed by atoms with Crippen LogP contribution in [0.5, 0.6) is 0 Å². The maximum absolute atomic E-state index is 12.0. The lowest BCUT2D eigenvalue weighted by Gasteiger charge is -2.12. The van der Waals surface area contributed by atoms with Gasteiger partial charge in [-0.3, -0.25) is 4.79 Å². The van der Waals surface area contributed by atoms with Gasteiger partial charge in [0.2, 0.25) is 0 Å². The molecule has 1 fully saturated rings. The molecule has 1 aromatic carbocycles. The summed E-state index contributed by atoms with van der Waals surface area (Å²) in [4.78, 5) is 12.0. The van der Waals surface area contributed by atoms with Crippen LogP contribution in [0.25, 0.3) is 17.0 Å². The molecular formula is C17H19NO. The fourth-order valence-corrected chi connectivity index (χ4v) is 2.96. The molecule has 0 amide bonds. The summed E-state index contributed by atoms with van der Waals surface area (Å²) in [5.74, 6) is 0.332. The minimum atomic E-state index is 0.332. The molecule has 1 saturated carbocycles. The topological polar surface area (TPSA) is 22.0 Å². The molecule has 98 valence electrons. The summed E-state index contributed by atoms with van der Waals surface area (Å²) >= 11 is 0. The lowest BCUT2D eigenvalue weighted by Crippen LogP contribution is -2.08. The SMILES string of the molecule is Cc1c(/C=C2/CCCCC2=O)c2ccccc2n1C. The monoisotopic (exact) mass is 253 g/mol. The zero-order valence-corrected chi connectivity index (χ0v) is 11.6. The number of Topliss-reactive ketones (excluding diaryl/α,β-unsaturated/α-hetero) is 1. The second-order valence-electron chi connectivity index (χ2n) is 5.38. The van der Waals surface area contributed by atoms with Gasteiger partial charge >= 0.3 is 0 Å². The van der Waals surface area contributed by atoms with Crippen LogP contribution in [-0.4, -0.2) is 10.4 Å². The number of ketones is 1.